The van der Waals surface area contributed by atoms with Crippen molar-refractivity contribution < 1.29 is 4.74 Å². The number of nitrogens with two attached hydrogens (primary N) is 1. The van der Waals surface area contributed by atoms with Gasteiger partial charge in [0.15, 0.2) is 0 Å². The molecule has 0 amide bonds. The van der Waals surface area contributed by atoms with Crippen molar-refractivity contribution in [2.24, 2.45) is 0 Å². The molecule has 0 saturated carbocycles. The molecule has 0 spiro atoms. The second-order valence-electron chi connectivity index (χ2n) is 4.30. The first-order valence-electron chi connectivity index (χ1n) is 5.71. The topological polar surface area (TPSA) is 38.5 Å². The van der Waals surface area contributed by atoms with Gasteiger partial charge >= 0.3 is 0 Å². The maximum atomic E-state index is 5.77. The Balaban J connectivity index is 2.60. The normalized spacial score (nSPS) is 11.3. The molecular formula is C13H22N2O. The van der Waals surface area contributed by atoms with Crippen LogP contribution in [0.15, 0.2) is 24.3 Å². The lowest BCUT2D eigenvalue weighted by Crippen LogP contribution is -2.33. The molecule has 1 aromatic carbocycles. The molecule has 0 aliphatic carbocycles. The fourth-order valence-corrected chi connectivity index (χ4v) is 1.65. The van der Waals surface area contributed by atoms with Crippen LogP contribution in [0.5, 0.6) is 0 Å². The highest BCUT2D eigenvalue weighted by atomic mass is 16.5. The van der Waals surface area contributed by atoms with Crippen molar-refractivity contribution in [3.8, 4) is 0 Å². The van der Waals surface area contributed by atoms with Crippen LogP contribution >= 0.6 is 0 Å². The Morgan fingerprint density at radius 3 is 2.69 bits per heavy atom. The number of nitrogens with zero attached hydrogens (tertiary/aromatic N) is 1. The first-order valence-corrected chi connectivity index (χ1v) is 5.71. The quantitative estimate of drug-likeness (QED) is 0.749. The molecule has 0 aliphatic heterocycles. The van der Waals surface area contributed by atoms with Gasteiger partial charge in [-0.3, -0.25) is 4.90 Å². The van der Waals surface area contributed by atoms with E-state index in [-0.39, 0.29) is 0 Å². The number of ether oxygens (including phenoxy) is 1. The second-order valence-corrected chi connectivity index (χ2v) is 4.30. The summed E-state index contributed by atoms with van der Waals surface area (Å²) in [5.74, 6) is 0. The average Bonchev–Trinajstić information content (AvgIpc) is 2.24. The van der Waals surface area contributed by atoms with Gasteiger partial charge in [0, 0.05) is 31.9 Å². The van der Waals surface area contributed by atoms with Crippen LogP contribution in [-0.4, -0.2) is 31.2 Å². The molecule has 0 radical (unpaired) electrons. The zero-order chi connectivity index (χ0) is 12.0. The summed E-state index contributed by atoms with van der Waals surface area (Å²) in [4.78, 5) is 2.37. The third-order valence-corrected chi connectivity index (χ3v) is 2.65. The van der Waals surface area contributed by atoms with Crippen LogP contribution in [0.1, 0.15) is 19.4 Å². The van der Waals surface area contributed by atoms with Gasteiger partial charge in [0.1, 0.15) is 0 Å². The van der Waals surface area contributed by atoms with E-state index >= 15 is 0 Å². The van der Waals surface area contributed by atoms with Crippen molar-refractivity contribution in [2.45, 2.75) is 26.4 Å². The Kier molecular flexibility index (Phi) is 5.29. The van der Waals surface area contributed by atoms with Gasteiger partial charge in [-0.1, -0.05) is 12.1 Å². The summed E-state index contributed by atoms with van der Waals surface area (Å²) in [6, 6.07) is 8.56. The molecule has 0 bridgehead atoms. The van der Waals surface area contributed by atoms with E-state index in [2.05, 4.69) is 24.8 Å². The van der Waals surface area contributed by atoms with Gasteiger partial charge in [0.2, 0.25) is 0 Å². The summed E-state index contributed by atoms with van der Waals surface area (Å²) in [5.41, 5.74) is 7.85. The van der Waals surface area contributed by atoms with Crippen molar-refractivity contribution in [2.75, 3.05) is 26.0 Å². The number of hydrogen-bond donors (Lipinski definition) is 1. The van der Waals surface area contributed by atoms with E-state index in [9.17, 15) is 0 Å². The monoisotopic (exact) mass is 222 g/mol. The largest absolute Gasteiger partial charge is 0.399 e. The zero-order valence-electron chi connectivity index (χ0n) is 10.4. The van der Waals surface area contributed by atoms with Gasteiger partial charge in [-0.25, -0.2) is 0 Å². The lowest BCUT2D eigenvalue weighted by Gasteiger charge is -2.26. The number of methoxy groups -OCH3 is 1. The molecule has 0 saturated heterocycles. The van der Waals surface area contributed by atoms with Crippen LogP contribution in [-0.2, 0) is 11.3 Å². The molecule has 3 heteroatoms. The summed E-state index contributed by atoms with van der Waals surface area (Å²) in [7, 11) is 1.74. The standard InChI is InChI=1S/C13H22N2O/c1-11(2)15(7-8-16-3)10-12-5-4-6-13(14)9-12/h4-6,9,11H,7-8,10,14H2,1-3H3. The molecule has 1 rings (SSSR count). The smallest absolute Gasteiger partial charge is 0.0589 e. The van der Waals surface area contributed by atoms with E-state index in [1.807, 2.05) is 18.2 Å². The summed E-state index contributed by atoms with van der Waals surface area (Å²) >= 11 is 0. The fraction of sp³-hybridized carbons (Fsp3) is 0.538. The van der Waals surface area contributed by atoms with E-state index in [0.717, 1.165) is 25.4 Å². The first-order chi connectivity index (χ1) is 7.63. The molecule has 0 heterocycles. The van der Waals surface area contributed by atoms with Gasteiger partial charge in [0.25, 0.3) is 0 Å². The van der Waals surface area contributed by atoms with Crippen LogP contribution < -0.4 is 5.73 Å². The average molecular weight is 222 g/mol. The SMILES string of the molecule is COCCN(Cc1cccc(N)c1)C(C)C. The predicted octanol–water partition coefficient (Wildman–Crippen LogP) is 2.13. The van der Waals surface area contributed by atoms with E-state index in [1.165, 1.54) is 5.56 Å². The molecule has 0 aromatic heterocycles. The number of nitrogen functional groups attached to an aromatic ring is 1. The van der Waals surface area contributed by atoms with Crippen LogP contribution in [0.2, 0.25) is 0 Å². The highest BCUT2D eigenvalue weighted by molar-refractivity contribution is 5.40. The second kappa shape index (κ2) is 6.51. The molecule has 0 fully saturated rings. The van der Waals surface area contributed by atoms with Crippen LogP contribution in [0.3, 0.4) is 0 Å². The van der Waals surface area contributed by atoms with E-state index < -0.39 is 0 Å². The van der Waals surface area contributed by atoms with Gasteiger partial charge in [0.05, 0.1) is 6.61 Å². The molecule has 90 valence electrons. The maximum Gasteiger partial charge on any atom is 0.0589 e. The van der Waals surface area contributed by atoms with Crippen LogP contribution in [0, 0.1) is 0 Å². The lowest BCUT2D eigenvalue weighted by molar-refractivity contribution is 0.125. The third kappa shape index (κ3) is 4.21. The molecule has 1 aromatic rings. The summed E-state index contributed by atoms with van der Waals surface area (Å²) < 4.78 is 5.12. The van der Waals surface area contributed by atoms with Crippen molar-refractivity contribution in [3.63, 3.8) is 0 Å². The Morgan fingerprint density at radius 2 is 2.12 bits per heavy atom. The summed E-state index contributed by atoms with van der Waals surface area (Å²) in [6.45, 7) is 7.03. The fourth-order valence-electron chi connectivity index (χ4n) is 1.65. The molecule has 16 heavy (non-hydrogen) atoms. The minimum atomic E-state index is 0.511. The van der Waals surface area contributed by atoms with Crippen molar-refractivity contribution >= 4 is 5.69 Å². The highest BCUT2D eigenvalue weighted by Crippen LogP contribution is 2.11. The van der Waals surface area contributed by atoms with Crippen molar-refractivity contribution in [1.82, 2.24) is 4.90 Å². The Morgan fingerprint density at radius 1 is 1.38 bits per heavy atom. The highest BCUT2D eigenvalue weighted by Gasteiger charge is 2.09. The number of anilines is 1. The minimum absolute atomic E-state index is 0.511. The Labute approximate surface area is 98.2 Å². The molecule has 0 unspecified atom stereocenters. The predicted molar refractivity (Wildman–Crippen MR) is 68.3 cm³/mol. The molecule has 3 nitrogen and oxygen atoms in total. The van der Waals surface area contributed by atoms with Crippen molar-refractivity contribution in [3.05, 3.63) is 29.8 Å². The zero-order valence-corrected chi connectivity index (χ0v) is 10.4. The van der Waals surface area contributed by atoms with Crippen molar-refractivity contribution in [1.29, 1.82) is 0 Å². The Hall–Kier alpha value is -1.06. The molecular weight excluding hydrogens is 200 g/mol. The summed E-state index contributed by atoms with van der Waals surface area (Å²) in [5, 5.41) is 0. The van der Waals surface area contributed by atoms with Crippen LogP contribution in [0.4, 0.5) is 5.69 Å². The number of rotatable bonds is 6. The van der Waals surface area contributed by atoms with Gasteiger partial charge < -0.3 is 10.5 Å². The van der Waals surface area contributed by atoms with Crippen LogP contribution in [0.25, 0.3) is 0 Å². The van der Waals surface area contributed by atoms with Gasteiger partial charge in [-0.15, -0.1) is 0 Å². The lowest BCUT2D eigenvalue weighted by atomic mass is 10.1. The number of hydrogen-bond acceptors (Lipinski definition) is 3. The van der Waals surface area contributed by atoms with E-state index in [4.69, 9.17) is 10.5 Å². The van der Waals surface area contributed by atoms with Gasteiger partial charge in [-0.05, 0) is 31.5 Å². The van der Waals surface area contributed by atoms with E-state index in [0.29, 0.717) is 6.04 Å². The first kappa shape index (κ1) is 13.0. The third-order valence-electron chi connectivity index (χ3n) is 2.65. The number of benzene rings is 1. The molecule has 2 N–H and O–H groups in total. The summed E-state index contributed by atoms with van der Waals surface area (Å²) in [6.07, 6.45) is 0. The Bertz CT molecular complexity index is 313. The van der Waals surface area contributed by atoms with E-state index in [1.54, 1.807) is 7.11 Å². The van der Waals surface area contributed by atoms with Gasteiger partial charge in [-0.2, -0.15) is 0 Å². The maximum absolute atomic E-state index is 5.77. The molecule has 0 aliphatic rings. The minimum Gasteiger partial charge on any atom is -0.399 e. The molecule has 0 atom stereocenters.